The number of aromatic nitrogens is 1. The van der Waals surface area contributed by atoms with Gasteiger partial charge in [0.25, 0.3) is 11.8 Å². The molecule has 3 amide bonds. The minimum absolute atomic E-state index is 0.213. The fourth-order valence-electron chi connectivity index (χ4n) is 2.65. The molecule has 0 radical (unpaired) electrons. The minimum Gasteiger partial charge on any atom is -0.342 e. The van der Waals surface area contributed by atoms with E-state index in [1.54, 1.807) is 34.1 Å². The monoisotopic (exact) mass is 372 g/mol. The molecule has 1 aromatic carbocycles. The summed E-state index contributed by atoms with van der Waals surface area (Å²) in [4.78, 5) is 43.1. The van der Waals surface area contributed by atoms with Gasteiger partial charge in [0.1, 0.15) is 0 Å². The Morgan fingerprint density at radius 2 is 1.77 bits per heavy atom. The maximum absolute atomic E-state index is 12.6. The molecule has 7 nitrogen and oxygen atoms in total. The van der Waals surface area contributed by atoms with Crippen LogP contribution in [0.15, 0.2) is 42.7 Å². The molecule has 1 N–H and O–H groups in total. The van der Waals surface area contributed by atoms with Crippen molar-refractivity contribution in [3.8, 4) is 0 Å². The van der Waals surface area contributed by atoms with Gasteiger partial charge in [0.15, 0.2) is 0 Å². The van der Waals surface area contributed by atoms with Crippen LogP contribution >= 0.6 is 11.6 Å². The highest BCUT2D eigenvalue weighted by Crippen LogP contribution is 2.21. The fourth-order valence-corrected chi connectivity index (χ4v) is 2.83. The summed E-state index contributed by atoms with van der Waals surface area (Å²) >= 11 is 6.04. The molecule has 1 aliphatic heterocycles. The van der Waals surface area contributed by atoms with E-state index in [9.17, 15) is 14.4 Å². The third-order valence-electron chi connectivity index (χ3n) is 4.12. The number of hydrogen-bond donors (Lipinski definition) is 1. The third kappa shape index (κ3) is 4.00. The Morgan fingerprint density at radius 1 is 1.08 bits per heavy atom. The first-order chi connectivity index (χ1) is 12.6. The number of carbonyl (C=O) groups excluding carboxylic acids is 3. The SMILES string of the molecule is O=CN1CCN(C(=O)c2cncc(C(=O)Nc3ccccc3Cl)c2)CC1. The Hall–Kier alpha value is -2.93. The van der Waals surface area contributed by atoms with Crippen LogP contribution in [0, 0.1) is 0 Å². The molecule has 3 rings (SSSR count). The Balaban J connectivity index is 1.71. The molecule has 0 saturated carbocycles. The van der Waals surface area contributed by atoms with Crippen molar-refractivity contribution in [2.24, 2.45) is 0 Å². The lowest BCUT2D eigenvalue weighted by Crippen LogP contribution is -2.48. The van der Waals surface area contributed by atoms with Crippen molar-refractivity contribution in [3.63, 3.8) is 0 Å². The Labute approximate surface area is 155 Å². The predicted molar refractivity (Wildman–Crippen MR) is 97.2 cm³/mol. The second kappa shape index (κ2) is 7.97. The summed E-state index contributed by atoms with van der Waals surface area (Å²) in [5, 5.41) is 3.13. The average Bonchev–Trinajstić information content (AvgIpc) is 2.69. The molecule has 2 heterocycles. The van der Waals surface area contributed by atoms with Gasteiger partial charge < -0.3 is 15.1 Å². The number of piperazine rings is 1. The zero-order chi connectivity index (χ0) is 18.5. The van der Waals surface area contributed by atoms with Crippen LogP contribution in [0.2, 0.25) is 5.02 Å². The summed E-state index contributed by atoms with van der Waals surface area (Å²) in [6.45, 7) is 1.89. The number of nitrogens with one attached hydrogen (secondary N) is 1. The summed E-state index contributed by atoms with van der Waals surface area (Å²) in [5.41, 5.74) is 1.08. The van der Waals surface area contributed by atoms with Gasteiger partial charge >= 0.3 is 0 Å². The van der Waals surface area contributed by atoms with Gasteiger partial charge in [-0.2, -0.15) is 0 Å². The van der Waals surface area contributed by atoms with Crippen LogP contribution < -0.4 is 5.32 Å². The summed E-state index contributed by atoms with van der Waals surface area (Å²) in [6, 6.07) is 8.40. The molecule has 0 unspecified atom stereocenters. The van der Waals surface area contributed by atoms with Crippen LogP contribution in [-0.4, -0.2) is 59.2 Å². The molecule has 1 fully saturated rings. The van der Waals surface area contributed by atoms with E-state index in [0.717, 1.165) is 6.41 Å². The minimum atomic E-state index is -0.397. The number of halogens is 1. The Bertz CT molecular complexity index is 835. The number of anilines is 1. The molecule has 0 spiro atoms. The molecule has 0 aliphatic carbocycles. The lowest BCUT2D eigenvalue weighted by Gasteiger charge is -2.32. The predicted octanol–water partition coefficient (Wildman–Crippen LogP) is 1.90. The van der Waals surface area contributed by atoms with Gasteiger partial charge in [-0.05, 0) is 18.2 Å². The number of amides is 3. The molecule has 1 aliphatic rings. The van der Waals surface area contributed by atoms with Crippen LogP contribution in [0.1, 0.15) is 20.7 Å². The van der Waals surface area contributed by atoms with E-state index in [0.29, 0.717) is 42.5 Å². The highest BCUT2D eigenvalue weighted by atomic mass is 35.5. The third-order valence-corrected chi connectivity index (χ3v) is 4.45. The topological polar surface area (TPSA) is 82.6 Å². The van der Waals surface area contributed by atoms with Crippen molar-refractivity contribution in [3.05, 3.63) is 58.9 Å². The molecule has 26 heavy (non-hydrogen) atoms. The van der Waals surface area contributed by atoms with Gasteiger partial charge in [0.05, 0.1) is 21.8 Å². The number of nitrogens with zero attached hydrogens (tertiary/aromatic N) is 3. The highest BCUT2D eigenvalue weighted by molar-refractivity contribution is 6.33. The standard InChI is InChI=1S/C18H17ClN4O3/c19-15-3-1-2-4-16(15)21-17(25)13-9-14(11-20-10-13)18(26)23-7-5-22(12-24)6-8-23/h1-4,9-12H,5-8H2,(H,21,25). The number of benzene rings is 1. The van der Waals surface area contributed by atoms with E-state index in [4.69, 9.17) is 11.6 Å². The van der Waals surface area contributed by atoms with E-state index in [1.165, 1.54) is 18.5 Å². The van der Waals surface area contributed by atoms with Crippen LogP contribution in [-0.2, 0) is 4.79 Å². The van der Waals surface area contributed by atoms with Crippen molar-refractivity contribution in [1.29, 1.82) is 0 Å². The molecule has 0 atom stereocenters. The van der Waals surface area contributed by atoms with Crippen molar-refractivity contribution in [2.75, 3.05) is 31.5 Å². The molecule has 8 heteroatoms. The summed E-state index contributed by atoms with van der Waals surface area (Å²) in [5.74, 6) is -0.610. The van der Waals surface area contributed by atoms with Gasteiger partial charge in [-0.15, -0.1) is 0 Å². The second-order valence-electron chi connectivity index (χ2n) is 5.83. The van der Waals surface area contributed by atoms with Crippen LogP contribution in [0.3, 0.4) is 0 Å². The molecule has 134 valence electrons. The average molecular weight is 373 g/mol. The molecular formula is C18H17ClN4O3. The first-order valence-electron chi connectivity index (χ1n) is 8.08. The van der Waals surface area contributed by atoms with E-state index in [-0.39, 0.29) is 11.5 Å². The van der Waals surface area contributed by atoms with Crippen molar-refractivity contribution in [1.82, 2.24) is 14.8 Å². The smallest absolute Gasteiger partial charge is 0.257 e. The van der Waals surface area contributed by atoms with E-state index < -0.39 is 5.91 Å². The lowest BCUT2D eigenvalue weighted by molar-refractivity contribution is -0.119. The van der Waals surface area contributed by atoms with Gasteiger partial charge in [-0.25, -0.2) is 0 Å². The van der Waals surface area contributed by atoms with E-state index >= 15 is 0 Å². The maximum Gasteiger partial charge on any atom is 0.257 e. The van der Waals surface area contributed by atoms with Gasteiger partial charge in [-0.1, -0.05) is 23.7 Å². The van der Waals surface area contributed by atoms with E-state index in [2.05, 4.69) is 10.3 Å². The number of pyridine rings is 1. The molecule has 2 aromatic rings. The number of hydrogen-bond acceptors (Lipinski definition) is 4. The molecular weight excluding hydrogens is 356 g/mol. The first-order valence-corrected chi connectivity index (χ1v) is 8.46. The Morgan fingerprint density at radius 3 is 2.46 bits per heavy atom. The van der Waals surface area contributed by atoms with Gasteiger partial charge in [0.2, 0.25) is 6.41 Å². The number of carbonyl (C=O) groups is 3. The van der Waals surface area contributed by atoms with Gasteiger partial charge in [0, 0.05) is 38.6 Å². The normalized spacial score (nSPS) is 14.0. The fraction of sp³-hybridized carbons (Fsp3) is 0.222. The van der Waals surface area contributed by atoms with Gasteiger partial charge in [-0.3, -0.25) is 19.4 Å². The van der Waals surface area contributed by atoms with Crippen LogP contribution in [0.5, 0.6) is 0 Å². The lowest BCUT2D eigenvalue weighted by atomic mass is 10.1. The summed E-state index contributed by atoms with van der Waals surface area (Å²) in [6.07, 6.45) is 3.61. The van der Waals surface area contributed by atoms with Crippen LogP contribution in [0.4, 0.5) is 5.69 Å². The van der Waals surface area contributed by atoms with Crippen molar-refractivity contribution >= 4 is 35.5 Å². The molecule has 1 aromatic heterocycles. The quantitative estimate of drug-likeness (QED) is 0.831. The maximum atomic E-state index is 12.6. The first kappa shape index (κ1) is 17.9. The number of para-hydroxylation sites is 1. The second-order valence-corrected chi connectivity index (χ2v) is 6.24. The summed E-state index contributed by atoms with van der Waals surface area (Å²) < 4.78 is 0. The van der Waals surface area contributed by atoms with Crippen LogP contribution in [0.25, 0.3) is 0 Å². The van der Waals surface area contributed by atoms with Crippen molar-refractivity contribution in [2.45, 2.75) is 0 Å². The number of rotatable bonds is 4. The summed E-state index contributed by atoms with van der Waals surface area (Å²) in [7, 11) is 0. The molecule has 0 bridgehead atoms. The zero-order valence-corrected chi connectivity index (χ0v) is 14.6. The van der Waals surface area contributed by atoms with E-state index in [1.807, 2.05) is 0 Å². The van der Waals surface area contributed by atoms with Crippen molar-refractivity contribution < 1.29 is 14.4 Å². The largest absolute Gasteiger partial charge is 0.342 e. The molecule has 1 saturated heterocycles. The Kier molecular flexibility index (Phi) is 5.48. The zero-order valence-electron chi connectivity index (χ0n) is 13.9. The highest BCUT2D eigenvalue weighted by Gasteiger charge is 2.22.